The van der Waals surface area contributed by atoms with Crippen LogP contribution in [0.15, 0.2) is 82.7 Å². The van der Waals surface area contributed by atoms with Crippen molar-refractivity contribution < 1.29 is 14.3 Å². The van der Waals surface area contributed by atoms with Gasteiger partial charge in [0.2, 0.25) is 5.91 Å². The third-order valence-electron chi connectivity index (χ3n) is 7.44. The van der Waals surface area contributed by atoms with E-state index >= 15 is 0 Å². The van der Waals surface area contributed by atoms with Gasteiger partial charge in [-0.3, -0.25) is 19.0 Å². The first-order chi connectivity index (χ1) is 20.4. The van der Waals surface area contributed by atoms with Crippen molar-refractivity contribution >= 4 is 40.2 Å². The molecular formula is C33H36N4O4S. The van der Waals surface area contributed by atoms with Gasteiger partial charge in [-0.15, -0.1) is 0 Å². The first-order valence-electron chi connectivity index (χ1n) is 14.5. The van der Waals surface area contributed by atoms with Gasteiger partial charge in [-0.05, 0) is 73.2 Å². The second kappa shape index (κ2) is 13.8. The smallest absolute Gasteiger partial charge is 0.262 e. The number of ether oxygens (including phenoxy) is 1. The summed E-state index contributed by atoms with van der Waals surface area (Å²) in [7, 11) is 0. The van der Waals surface area contributed by atoms with Crippen LogP contribution in [-0.4, -0.2) is 45.9 Å². The van der Waals surface area contributed by atoms with E-state index < -0.39 is 5.25 Å². The van der Waals surface area contributed by atoms with Crippen molar-refractivity contribution in [1.29, 1.82) is 0 Å². The molecule has 1 saturated heterocycles. The first-order valence-corrected chi connectivity index (χ1v) is 15.4. The van der Waals surface area contributed by atoms with Crippen LogP contribution >= 0.6 is 11.8 Å². The van der Waals surface area contributed by atoms with Crippen molar-refractivity contribution in [2.24, 2.45) is 0 Å². The molecule has 5 rings (SSSR count). The number of aryl methyl sites for hydroxylation is 1. The number of nitrogens with one attached hydrogen (secondary N) is 2. The maximum absolute atomic E-state index is 13.7. The molecule has 1 fully saturated rings. The quantitative estimate of drug-likeness (QED) is 0.180. The number of hydrogen-bond donors (Lipinski definition) is 2. The van der Waals surface area contributed by atoms with Crippen LogP contribution in [0.1, 0.15) is 54.6 Å². The number of thioether (sulfide) groups is 1. The summed E-state index contributed by atoms with van der Waals surface area (Å²) in [5.41, 5.74) is 3.74. The predicted molar refractivity (Wildman–Crippen MR) is 167 cm³/mol. The van der Waals surface area contributed by atoms with E-state index in [2.05, 4.69) is 17.6 Å². The molecule has 0 saturated carbocycles. The number of hydrogen-bond acceptors (Lipinski definition) is 6. The molecule has 8 nitrogen and oxygen atoms in total. The second-order valence-corrected chi connectivity index (χ2v) is 11.6. The maximum atomic E-state index is 13.7. The zero-order chi connectivity index (χ0) is 29.5. The molecule has 0 unspecified atom stereocenters. The van der Waals surface area contributed by atoms with Gasteiger partial charge in [0.1, 0.15) is 0 Å². The fourth-order valence-corrected chi connectivity index (χ4v) is 5.94. The fraction of sp³-hybridized carbons (Fsp3) is 0.333. The molecule has 2 atom stereocenters. The average Bonchev–Trinajstić information content (AvgIpc) is 3.55. The van der Waals surface area contributed by atoms with Gasteiger partial charge < -0.3 is 15.4 Å². The van der Waals surface area contributed by atoms with Gasteiger partial charge in [-0.25, -0.2) is 4.98 Å². The normalized spacial score (nSPS) is 15.4. The molecule has 2 N–H and O–H groups in total. The Kier molecular flexibility index (Phi) is 9.71. The van der Waals surface area contributed by atoms with Gasteiger partial charge in [-0.2, -0.15) is 0 Å². The zero-order valence-corrected chi connectivity index (χ0v) is 24.8. The number of nitrogens with zero attached hydrogens (tertiary/aromatic N) is 2. The predicted octanol–water partition coefficient (Wildman–Crippen LogP) is 5.43. The summed E-state index contributed by atoms with van der Waals surface area (Å²) in [6.07, 6.45) is 3.54. The van der Waals surface area contributed by atoms with Crippen LogP contribution < -0.4 is 16.2 Å². The van der Waals surface area contributed by atoms with E-state index in [9.17, 15) is 14.4 Å². The summed E-state index contributed by atoms with van der Waals surface area (Å²) in [5, 5.41) is 6.48. The van der Waals surface area contributed by atoms with Gasteiger partial charge >= 0.3 is 0 Å². The SMILES string of the molecule is CCc1ccc(NC(=O)[C@@H](CC)Sc2nc3ccccc3c(=O)n2Cc2ccc(C(=O)NC[C@@H]3CCCO3)cc2)cc1. The van der Waals surface area contributed by atoms with Crippen LogP contribution in [0.2, 0.25) is 0 Å². The number of amides is 2. The highest BCUT2D eigenvalue weighted by Gasteiger charge is 2.23. The first kappa shape index (κ1) is 29.5. The van der Waals surface area contributed by atoms with Crippen LogP contribution in [0, 0.1) is 0 Å². The summed E-state index contributed by atoms with van der Waals surface area (Å²) in [4.78, 5) is 44.4. The minimum atomic E-state index is -0.454. The molecule has 3 aromatic carbocycles. The minimum absolute atomic E-state index is 0.0760. The molecule has 2 amide bonds. The van der Waals surface area contributed by atoms with Crippen molar-refractivity contribution in [3.05, 3.63) is 99.8 Å². The lowest BCUT2D eigenvalue weighted by atomic mass is 10.1. The van der Waals surface area contributed by atoms with Gasteiger partial charge in [0.05, 0.1) is 28.8 Å². The number of carbonyl (C=O) groups excluding carboxylic acids is 2. The molecule has 9 heteroatoms. The summed E-state index contributed by atoms with van der Waals surface area (Å²) in [6.45, 7) is 5.54. The monoisotopic (exact) mass is 584 g/mol. The van der Waals surface area contributed by atoms with E-state index in [1.165, 1.54) is 17.3 Å². The second-order valence-electron chi connectivity index (χ2n) is 10.4. The van der Waals surface area contributed by atoms with Crippen LogP contribution in [-0.2, 0) is 22.5 Å². The largest absolute Gasteiger partial charge is 0.376 e. The van der Waals surface area contributed by atoms with E-state index in [1.54, 1.807) is 22.8 Å². The van der Waals surface area contributed by atoms with Crippen molar-refractivity contribution in [2.45, 2.75) is 62.6 Å². The topological polar surface area (TPSA) is 102 Å². The lowest BCUT2D eigenvalue weighted by Crippen LogP contribution is -2.31. The van der Waals surface area contributed by atoms with Crippen molar-refractivity contribution in [1.82, 2.24) is 14.9 Å². The molecule has 2 heterocycles. The number of aromatic nitrogens is 2. The van der Waals surface area contributed by atoms with Crippen LogP contribution in [0.4, 0.5) is 5.69 Å². The van der Waals surface area contributed by atoms with E-state index in [4.69, 9.17) is 9.72 Å². The summed E-state index contributed by atoms with van der Waals surface area (Å²) >= 11 is 1.29. The molecular weight excluding hydrogens is 548 g/mol. The van der Waals surface area contributed by atoms with Crippen molar-refractivity contribution in [3.8, 4) is 0 Å². The molecule has 1 aliphatic heterocycles. The Hall–Kier alpha value is -3.95. The Bertz CT molecular complexity index is 1600. The Balaban J connectivity index is 1.35. The van der Waals surface area contributed by atoms with Gasteiger partial charge in [0.15, 0.2) is 5.16 Å². The molecule has 0 spiro atoms. The number of carbonyl (C=O) groups is 2. The van der Waals surface area contributed by atoms with E-state index in [0.717, 1.165) is 37.1 Å². The number of fused-ring (bicyclic) bond motifs is 1. The molecule has 1 aromatic heterocycles. The van der Waals surface area contributed by atoms with Gasteiger partial charge in [-0.1, -0.05) is 62.0 Å². The standard InChI is InChI=1S/C33H36N4O4S/c1-3-22-13-17-25(18-14-22)35-31(39)29(4-2)42-33-36-28-10-6-5-9-27(28)32(40)37(33)21-23-11-15-24(16-12-23)30(38)34-20-26-8-7-19-41-26/h5-6,9-18,26,29H,3-4,7-8,19-21H2,1-2H3,(H,34,38)(H,35,39)/t26-,29+/m0/s1. The number of benzene rings is 3. The maximum Gasteiger partial charge on any atom is 0.262 e. The molecule has 218 valence electrons. The molecule has 1 aliphatic rings. The summed E-state index contributed by atoms with van der Waals surface area (Å²) in [5.74, 6) is -0.293. The lowest BCUT2D eigenvalue weighted by Gasteiger charge is -2.18. The molecule has 0 aliphatic carbocycles. The third-order valence-corrected chi connectivity index (χ3v) is 8.79. The molecule has 0 bridgehead atoms. The average molecular weight is 585 g/mol. The lowest BCUT2D eigenvalue weighted by molar-refractivity contribution is -0.115. The number of para-hydroxylation sites is 1. The highest BCUT2D eigenvalue weighted by atomic mass is 32.2. The third kappa shape index (κ3) is 7.09. The molecule has 4 aromatic rings. The van der Waals surface area contributed by atoms with Gasteiger partial charge in [0.25, 0.3) is 11.5 Å². The van der Waals surface area contributed by atoms with Crippen molar-refractivity contribution in [3.63, 3.8) is 0 Å². The van der Waals surface area contributed by atoms with E-state index in [0.29, 0.717) is 34.6 Å². The Labute approximate surface area is 249 Å². The Morgan fingerprint density at radius 3 is 2.45 bits per heavy atom. The van der Waals surface area contributed by atoms with Crippen molar-refractivity contribution in [2.75, 3.05) is 18.5 Å². The van der Waals surface area contributed by atoms with Gasteiger partial charge in [0, 0.05) is 24.4 Å². The Morgan fingerprint density at radius 1 is 1.02 bits per heavy atom. The number of anilines is 1. The zero-order valence-electron chi connectivity index (χ0n) is 24.0. The van der Waals surface area contributed by atoms with Crippen LogP contribution in [0.25, 0.3) is 10.9 Å². The van der Waals surface area contributed by atoms with Crippen LogP contribution in [0.5, 0.6) is 0 Å². The fourth-order valence-electron chi connectivity index (χ4n) is 4.93. The highest BCUT2D eigenvalue weighted by molar-refractivity contribution is 8.00. The number of rotatable bonds is 11. The summed E-state index contributed by atoms with van der Waals surface area (Å²) in [6, 6.07) is 22.3. The molecule has 0 radical (unpaired) electrons. The minimum Gasteiger partial charge on any atom is -0.376 e. The highest BCUT2D eigenvalue weighted by Crippen LogP contribution is 2.27. The van der Waals surface area contributed by atoms with E-state index in [-0.39, 0.29) is 30.0 Å². The summed E-state index contributed by atoms with van der Waals surface area (Å²) < 4.78 is 7.20. The van der Waals surface area contributed by atoms with Crippen LogP contribution in [0.3, 0.4) is 0 Å². The van der Waals surface area contributed by atoms with E-state index in [1.807, 2.05) is 61.5 Å². The Morgan fingerprint density at radius 2 is 1.76 bits per heavy atom. The molecule has 42 heavy (non-hydrogen) atoms.